The van der Waals surface area contributed by atoms with Gasteiger partial charge < -0.3 is 9.84 Å². The van der Waals surface area contributed by atoms with Crippen molar-refractivity contribution in [2.24, 2.45) is 0 Å². The molecule has 1 aromatic carbocycles. The highest BCUT2D eigenvalue weighted by Gasteiger charge is 2.32. The zero-order chi connectivity index (χ0) is 17.2. The van der Waals surface area contributed by atoms with E-state index in [1.54, 1.807) is 0 Å². The third-order valence-corrected chi connectivity index (χ3v) is 5.31. The average Bonchev–Trinajstić information content (AvgIpc) is 3.12. The molecule has 2 fully saturated rings. The van der Waals surface area contributed by atoms with Crippen molar-refractivity contribution in [3.05, 3.63) is 52.9 Å². The molecule has 0 spiro atoms. The molecular weight excluding hydrogens is 314 g/mol. The fourth-order valence-electron chi connectivity index (χ4n) is 3.65. The maximum Gasteiger partial charge on any atom is 0.256 e. The first-order chi connectivity index (χ1) is 12.2. The largest absolute Gasteiger partial charge is 0.364 e. The van der Waals surface area contributed by atoms with Gasteiger partial charge in [0.2, 0.25) is 0 Å². The van der Waals surface area contributed by atoms with Crippen LogP contribution in [0.2, 0.25) is 0 Å². The standard InChI is InChI=1S/C20H25N3O2/c1-14-4-6-15(7-5-14)18(23-10-2-3-11-23)12-21-20(24)17-13-25-22-19(17)16-8-9-16/h4-7,13,16,18H,2-3,8-12H2,1H3,(H,21,24)/t18-/m1/s1. The van der Waals surface area contributed by atoms with Crippen molar-refractivity contribution in [3.8, 4) is 0 Å². The van der Waals surface area contributed by atoms with Gasteiger partial charge in [0.1, 0.15) is 11.8 Å². The Morgan fingerprint density at radius 3 is 2.68 bits per heavy atom. The third-order valence-electron chi connectivity index (χ3n) is 5.31. The molecule has 25 heavy (non-hydrogen) atoms. The molecule has 2 aromatic rings. The predicted octanol–water partition coefficient (Wildman–Crippen LogP) is 3.43. The van der Waals surface area contributed by atoms with E-state index in [2.05, 4.69) is 46.6 Å². The Hall–Kier alpha value is -2.14. The first-order valence-electron chi connectivity index (χ1n) is 9.25. The van der Waals surface area contributed by atoms with E-state index in [0.29, 0.717) is 18.0 Å². The molecule has 1 aromatic heterocycles. The van der Waals surface area contributed by atoms with Gasteiger partial charge in [0, 0.05) is 12.5 Å². The number of benzene rings is 1. The minimum atomic E-state index is -0.0699. The number of nitrogens with zero attached hydrogens (tertiary/aromatic N) is 2. The van der Waals surface area contributed by atoms with E-state index < -0.39 is 0 Å². The van der Waals surface area contributed by atoms with Crippen molar-refractivity contribution in [2.45, 2.75) is 44.6 Å². The number of hydrogen-bond donors (Lipinski definition) is 1. The molecule has 1 atom stereocenters. The molecule has 1 aliphatic heterocycles. The predicted molar refractivity (Wildman–Crippen MR) is 95.5 cm³/mol. The normalized spacial score (nSPS) is 19.1. The molecule has 1 aliphatic carbocycles. The van der Waals surface area contributed by atoms with Gasteiger partial charge in [0.15, 0.2) is 0 Å². The minimum absolute atomic E-state index is 0.0699. The zero-order valence-electron chi connectivity index (χ0n) is 14.7. The fourth-order valence-corrected chi connectivity index (χ4v) is 3.65. The van der Waals surface area contributed by atoms with Gasteiger partial charge in [0.05, 0.1) is 11.7 Å². The number of likely N-dealkylation sites (tertiary alicyclic amines) is 1. The van der Waals surface area contributed by atoms with Crippen LogP contribution in [0.25, 0.3) is 0 Å². The summed E-state index contributed by atoms with van der Waals surface area (Å²) in [5.41, 5.74) is 3.95. The van der Waals surface area contributed by atoms with E-state index in [0.717, 1.165) is 31.6 Å². The summed E-state index contributed by atoms with van der Waals surface area (Å²) in [5, 5.41) is 7.14. The highest BCUT2D eigenvalue weighted by molar-refractivity contribution is 5.95. The molecule has 5 nitrogen and oxygen atoms in total. The van der Waals surface area contributed by atoms with Gasteiger partial charge in [-0.1, -0.05) is 35.0 Å². The lowest BCUT2D eigenvalue weighted by Gasteiger charge is -2.28. The Balaban J connectivity index is 1.47. The molecule has 2 heterocycles. The second kappa shape index (κ2) is 7.00. The summed E-state index contributed by atoms with van der Waals surface area (Å²) in [7, 11) is 0. The molecule has 0 radical (unpaired) electrons. The van der Waals surface area contributed by atoms with E-state index in [1.807, 2.05) is 0 Å². The second-order valence-corrected chi connectivity index (χ2v) is 7.27. The van der Waals surface area contributed by atoms with Gasteiger partial charge in [-0.3, -0.25) is 9.69 Å². The fraction of sp³-hybridized carbons (Fsp3) is 0.500. The lowest BCUT2D eigenvalue weighted by molar-refractivity contribution is 0.0936. The Kier molecular flexibility index (Phi) is 4.57. The molecule has 1 saturated carbocycles. The smallest absolute Gasteiger partial charge is 0.256 e. The molecule has 1 saturated heterocycles. The van der Waals surface area contributed by atoms with Gasteiger partial charge in [-0.2, -0.15) is 0 Å². The van der Waals surface area contributed by atoms with Crippen molar-refractivity contribution in [1.29, 1.82) is 0 Å². The number of nitrogens with one attached hydrogen (secondary N) is 1. The molecule has 0 bridgehead atoms. The molecule has 4 rings (SSSR count). The van der Waals surface area contributed by atoms with Crippen molar-refractivity contribution < 1.29 is 9.32 Å². The van der Waals surface area contributed by atoms with Crippen LogP contribution < -0.4 is 5.32 Å². The molecule has 1 amide bonds. The average molecular weight is 339 g/mol. The number of carbonyl (C=O) groups excluding carboxylic acids is 1. The summed E-state index contributed by atoms with van der Waals surface area (Å²) in [6, 6.07) is 8.87. The van der Waals surface area contributed by atoms with Gasteiger partial charge in [-0.25, -0.2) is 0 Å². The van der Waals surface area contributed by atoms with Crippen LogP contribution in [0.3, 0.4) is 0 Å². The van der Waals surface area contributed by atoms with E-state index >= 15 is 0 Å². The van der Waals surface area contributed by atoms with Crippen LogP contribution in [0.1, 0.15) is 64.8 Å². The van der Waals surface area contributed by atoms with Crippen LogP contribution in [0.5, 0.6) is 0 Å². The van der Waals surface area contributed by atoms with Gasteiger partial charge >= 0.3 is 0 Å². The van der Waals surface area contributed by atoms with Crippen molar-refractivity contribution in [1.82, 2.24) is 15.4 Å². The number of rotatable bonds is 6. The van der Waals surface area contributed by atoms with E-state index in [9.17, 15) is 4.79 Å². The number of aryl methyl sites for hydroxylation is 1. The minimum Gasteiger partial charge on any atom is -0.364 e. The van der Waals surface area contributed by atoms with Crippen LogP contribution in [-0.4, -0.2) is 35.6 Å². The van der Waals surface area contributed by atoms with Gasteiger partial charge in [-0.05, 0) is 51.3 Å². The SMILES string of the molecule is Cc1ccc([C@@H](CNC(=O)c2conc2C2CC2)N2CCCC2)cc1. The lowest BCUT2D eigenvalue weighted by atomic mass is 10.0. The van der Waals surface area contributed by atoms with Crippen molar-refractivity contribution in [2.75, 3.05) is 19.6 Å². The van der Waals surface area contributed by atoms with Gasteiger partial charge in [0.25, 0.3) is 5.91 Å². The number of aromatic nitrogens is 1. The summed E-state index contributed by atoms with van der Waals surface area (Å²) < 4.78 is 5.05. The molecule has 132 valence electrons. The van der Waals surface area contributed by atoms with Crippen LogP contribution in [0.4, 0.5) is 0 Å². The maximum atomic E-state index is 12.6. The molecule has 5 heteroatoms. The molecular formula is C20H25N3O2. The number of carbonyl (C=O) groups is 1. The molecule has 2 aliphatic rings. The van der Waals surface area contributed by atoms with Crippen molar-refractivity contribution >= 4 is 5.91 Å². The first kappa shape index (κ1) is 16.3. The molecule has 1 N–H and O–H groups in total. The Bertz CT molecular complexity index is 728. The highest BCUT2D eigenvalue weighted by atomic mass is 16.5. The Labute approximate surface area is 148 Å². The van der Waals surface area contributed by atoms with E-state index in [4.69, 9.17) is 4.52 Å². The summed E-state index contributed by atoms with van der Waals surface area (Å²) in [6.07, 6.45) is 6.15. The highest BCUT2D eigenvalue weighted by Crippen LogP contribution is 2.40. The summed E-state index contributed by atoms with van der Waals surface area (Å²) in [6.45, 7) is 4.89. The zero-order valence-corrected chi connectivity index (χ0v) is 14.7. The van der Waals surface area contributed by atoms with Crippen LogP contribution in [0.15, 0.2) is 35.1 Å². The van der Waals surface area contributed by atoms with E-state index in [-0.39, 0.29) is 11.9 Å². The topological polar surface area (TPSA) is 58.4 Å². The maximum absolute atomic E-state index is 12.6. The molecule has 0 unspecified atom stereocenters. The Morgan fingerprint density at radius 1 is 1.28 bits per heavy atom. The van der Waals surface area contributed by atoms with E-state index in [1.165, 1.54) is 30.2 Å². The third kappa shape index (κ3) is 3.61. The second-order valence-electron chi connectivity index (χ2n) is 7.27. The first-order valence-corrected chi connectivity index (χ1v) is 9.25. The number of hydrogen-bond acceptors (Lipinski definition) is 4. The summed E-state index contributed by atoms with van der Waals surface area (Å²) >= 11 is 0. The van der Waals surface area contributed by atoms with Gasteiger partial charge in [-0.15, -0.1) is 0 Å². The van der Waals surface area contributed by atoms with Crippen LogP contribution in [0, 0.1) is 6.92 Å². The summed E-state index contributed by atoms with van der Waals surface area (Å²) in [4.78, 5) is 15.1. The quantitative estimate of drug-likeness (QED) is 0.876. The van der Waals surface area contributed by atoms with Crippen LogP contribution >= 0.6 is 0 Å². The van der Waals surface area contributed by atoms with Crippen molar-refractivity contribution in [3.63, 3.8) is 0 Å². The number of amides is 1. The monoisotopic (exact) mass is 339 g/mol. The summed E-state index contributed by atoms with van der Waals surface area (Å²) in [5.74, 6) is 0.338. The Morgan fingerprint density at radius 2 is 2.00 bits per heavy atom. The lowest BCUT2D eigenvalue weighted by Crippen LogP contribution is -2.37. The van der Waals surface area contributed by atoms with Crippen LogP contribution in [-0.2, 0) is 0 Å².